The van der Waals surface area contributed by atoms with Crippen LogP contribution >= 0.6 is 11.6 Å². The third-order valence-electron chi connectivity index (χ3n) is 3.98. The molecule has 1 aromatic heterocycles. The van der Waals surface area contributed by atoms with Crippen LogP contribution < -0.4 is 5.32 Å². The molecule has 2 heterocycles. The minimum absolute atomic E-state index is 0.0742. The van der Waals surface area contributed by atoms with Gasteiger partial charge in [0.2, 0.25) is 5.91 Å². The molecule has 0 saturated carbocycles. The van der Waals surface area contributed by atoms with E-state index >= 15 is 0 Å². The highest BCUT2D eigenvalue weighted by molar-refractivity contribution is 6.33. The largest absolute Gasteiger partial charge is 0.417 e. The minimum Gasteiger partial charge on any atom is -0.357 e. The summed E-state index contributed by atoms with van der Waals surface area (Å²) in [6.45, 7) is 4.34. The van der Waals surface area contributed by atoms with Crippen LogP contribution in [0.1, 0.15) is 38.7 Å². The number of hydrogen-bond donors (Lipinski definition) is 1. The lowest BCUT2D eigenvalue weighted by molar-refractivity contribution is -0.138. The van der Waals surface area contributed by atoms with Gasteiger partial charge in [0, 0.05) is 18.8 Å². The van der Waals surface area contributed by atoms with Gasteiger partial charge >= 0.3 is 6.18 Å². The number of amides is 1. The lowest BCUT2D eigenvalue weighted by Gasteiger charge is -2.35. The van der Waals surface area contributed by atoms with Crippen molar-refractivity contribution in [2.45, 2.75) is 51.4 Å². The van der Waals surface area contributed by atoms with Gasteiger partial charge in [0.05, 0.1) is 10.6 Å². The van der Waals surface area contributed by atoms with Gasteiger partial charge in [-0.15, -0.1) is 0 Å². The van der Waals surface area contributed by atoms with Crippen molar-refractivity contribution >= 4 is 23.3 Å². The molecule has 0 radical (unpaired) electrons. The Balaban J connectivity index is 2.07. The van der Waals surface area contributed by atoms with E-state index in [0.29, 0.717) is 12.7 Å². The molecule has 0 bridgehead atoms. The highest BCUT2D eigenvalue weighted by Crippen LogP contribution is 2.32. The van der Waals surface area contributed by atoms with Crippen molar-refractivity contribution in [3.8, 4) is 0 Å². The van der Waals surface area contributed by atoms with Crippen LogP contribution in [0.25, 0.3) is 0 Å². The SMILES string of the molecule is CC(Nc1ncc(C(F)(F)F)cc1Cl)C(=O)N1CCCCC1C. The zero-order valence-electron chi connectivity index (χ0n) is 13.0. The van der Waals surface area contributed by atoms with Gasteiger partial charge in [-0.25, -0.2) is 4.98 Å². The fraction of sp³-hybridized carbons (Fsp3) is 0.600. The summed E-state index contributed by atoms with van der Waals surface area (Å²) >= 11 is 5.85. The van der Waals surface area contributed by atoms with Crippen LogP contribution in [-0.2, 0) is 11.0 Å². The topological polar surface area (TPSA) is 45.2 Å². The molecular weight excluding hydrogens is 331 g/mol. The number of pyridine rings is 1. The monoisotopic (exact) mass is 349 g/mol. The van der Waals surface area contributed by atoms with Crippen molar-refractivity contribution in [2.24, 2.45) is 0 Å². The van der Waals surface area contributed by atoms with Crippen molar-refractivity contribution < 1.29 is 18.0 Å². The Kier molecular flexibility index (Phi) is 5.39. The number of alkyl halides is 3. The van der Waals surface area contributed by atoms with Crippen molar-refractivity contribution in [1.82, 2.24) is 9.88 Å². The van der Waals surface area contributed by atoms with E-state index in [4.69, 9.17) is 11.6 Å². The van der Waals surface area contributed by atoms with Gasteiger partial charge in [-0.3, -0.25) is 4.79 Å². The Bertz CT molecular complexity index is 580. The van der Waals surface area contributed by atoms with E-state index in [0.717, 1.165) is 25.3 Å². The zero-order chi connectivity index (χ0) is 17.2. The number of halogens is 4. The molecule has 1 saturated heterocycles. The van der Waals surface area contributed by atoms with Crippen LogP contribution in [0.5, 0.6) is 0 Å². The molecule has 0 spiro atoms. The summed E-state index contributed by atoms with van der Waals surface area (Å²) in [4.78, 5) is 18.0. The highest BCUT2D eigenvalue weighted by atomic mass is 35.5. The van der Waals surface area contributed by atoms with Crippen LogP contribution in [0.4, 0.5) is 19.0 Å². The fourth-order valence-corrected chi connectivity index (χ4v) is 2.86. The Morgan fingerprint density at radius 3 is 2.74 bits per heavy atom. The van der Waals surface area contributed by atoms with Crippen molar-refractivity contribution in [3.05, 3.63) is 22.8 Å². The molecule has 2 rings (SSSR count). The predicted molar refractivity (Wildman–Crippen MR) is 82.4 cm³/mol. The maximum absolute atomic E-state index is 12.6. The van der Waals surface area contributed by atoms with Gasteiger partial charge in [0.25, 0.3) is 0 Å². The highest BCUT2D eigenvalue weighted by Gasteiger charge is 2.32. The van der Waals surface area contributed by atoms with Gasteiger partial charge in [0.1, 0.15) is 11.9 Å². The third-order valence-corrected chi connectivity index (χ3v) is 4.27. The molecule has 0 aromatic carbocycles. The number of nitrogens with one attached hydrogen (secondary N) is 1. The molecule has 0 aliphatic carbocycles. The molecule has 1 aliphatic rings. The van der Waals surface area contributed by atoms with E-state index in [1.165, 1.54) is 0 Å². The summed E-state index contributed by atoms with van der Waals surface area (Å²) in [6, 6.07) is 0.353. The van der Waals surface area contributed by atoms with Gasteiger partial charge < -0.3 is 10.2 Å². The lowest BCUT2D eigenvalue weighted by atomic mass is 10.0. The number of carbonyl (C=O) groups is 1. The maximum Gasteiger partial charge on any atom is 0.417 e. The summed E-state index contributed by atoms with van der Waals surface area (Å²) in [7, 11) is 0. The van der Waals surface area contributed by atoms with Crippen LogP contribution in [-0.4, -0.2) is 34.4 Å². The summed E-state index contributed by atoms with van der Waals surface area (Å²) in [5.74, 6) is -0.0276. The average Bonchev–Trinajstić information content (AvgIpc) is 2.48. The van der Waals surface area contributed by atoms with E-state index in [9.17, 15) is 18.0 Å². The van der Waals surface area contributed by atoms with Gasteiger partial charge in [0.15, 0.2) is 0 Å². The summed E-state index contributed by atoms with van der Waals surface area (Å²) in [6.07, 6.45) is -0.784. The molecule has 2 atom stereocenters. The second-order valence-electron chi connectivity index (χ2n) is 5.79. The quantitative estimate of drug-likeness (QED) is 0.898. The van der Waals surface area contributed by atoms with Gasteiger partial charge in [-0.2, -0.15) is 13.2 Å². The third kappa shape index (κ3) is 4.28. The molecule has 4 nitrogen and oxygen atoms in total. The minimum atomic E-state index is -4.50. The van der Waals surface area contributed by atoms with Crippen LogP contribution in [0, 0.1) is 0 Å². The number of rotatable bonds is 3. The number of carbonyl (C=O) groups excluding carboxylic acids is 1. The fourth-order valence-electron chi connectivity index (χ4n) is 2.64. The molecule has 1 amide bonds. The Labute approximate surface area is 138 Å². The first-order valence-corrected chi connectivity index (χ1v) is 7.87. The molecule has 1 aromatic rings. The molecule has 8 heteroatoms. The van der Waals surface area contributed by atoms with Crippen LogP contribution in [0.2, 0.25) is 5.02 Å². The standard InChI is InChI=1S/C15H19ClF3N3O/c1-9-5-3-4-6-22(9)14(23)10(2)21-13-12(16)7-11(8-20-13)15(17,18)19/h7-10H,3-6H2,1-2H3,(H,20,21). The second-order valence-corrected chi connectivity index (χ2v) is 6.20. The normalized spacial score (nSPS) is 20.3. The van der Waals surface area contributed by atoms with Crippen molar-refractivity contribution in [1.29, 1.82) is 0 Å². The Morgan fingerprint density at radius 2 is 2.17 bits per heavy atom. The van der Waals surface area contributed by atoms with Crippen LogP contribution in [0.3, 0.4) is 0 Å². The lowest BCUT2D eigenvalue weighted by Crippen LogP contribution is -2.48. The van der Waals surface area contributed by atoms with E-state index in [1.54, 1.807) is 11.8 Å². The Hall–Kier alpha value is -1.50. The summed E-state index contributed by atoms with van der Waals surface area (Å²) in [5, 5.41) is 2.64. The first-order chi connectivity index (χ1) is 10.7. The molecule has 1 fully saturated rings. The molecular formula is C15H19ClF3N3O. The number of piperidine rings is 1. The maximum atomic E-state index is 12.6. The van der Waals surface area contributed by atoms with Crippen molar-refractivity contribution in [2.75, 3.05) is 11.9 Å². The first kappa shape index (κ1) is 17.8. The van der Waals surface area contributed by atoms with Gasteiger partial charge in [-0.1, -0.05) is 11.6 Å². The van der Waals surface area contributed by atoms with E-state index in [2.05, 4.69) is 10.3 Å². The smallest absolute Gasteiger partial charge is 0.357 e. The molecule has 1 N–H and O–H groups in total. The van der Waals surface area contributed by atoms with E-state index in [-0.39, 0.29) is 22.8 Å². The summed E-state index contributed by atoms with van der Waals surface area (Å²) in [5.41, 5.74) is -0.920. The second kappa shape index (κ2) is 6.95. The number of hydrogen-bond acceptors (Lipinski definition) is 3. The van der Waals surface area contributed by atoms with E-state index < -0.39 is 17.8 Å². The average molecular weight is 350 g/mol. The molecule has 2 unspecified atom stereocenters. The molecule has 128 valence electrons. The zero-order valence-corrected chi connectivity index (χ0v) is 13.7. The predicted octanol–water partition coefficient (Wildman–Crippen LogP) is 3.96. The van der Waals surface area contributed by atoms with Gasteiger partial charge in [-0.05, 0) is 39.2 Å². The summed E-state index contributed by atoms with van der Waals surface area (Å²) < 4.78 is 37.8. The number of anilines is 1. The number of likely N-dealkylation sites (tertiary alicyclic amines) is 1. The Morgan fingerprint density at radius 1 is 1.48 bits per heavy atom. The number of nitrogens with zero attached hydrogens (tertiary/aromatic N) is 2. The van der Waals surface area contributed by atoms with Crippen LogP contribution in [0.15, 0.2) is 12.3 Å². The van der Waals surface area contributed by atoms with Crippen molar-refractivity contribution in [3.63, 3.8) is 0 Å². The first-order valence-electron chi connectivity index (χ1n) is 7.50. The molecule has 1 aliphatic heterocycles. The van der Waals surface area contributed by atoms with E-state index in [1.807, 2.05) is 6.92 Å². The molecule has 23 heavy (non-hydrogen) atoms. The number of aromatic nitrogens is 1.